The molecule has 0 bridgehead atoms. The van der Waals surface area contributed by atoms with E-state index in [0.29, 0.717) is 31.4 Å². The molecule has 5 heteroatoms. The first kappa shape index (κ1) is 33.6. The van der Waals surface area contributed by atoms with Crippen LogP contribution in [0, 0.1) is 48.5 Å². The molecule has 5 aromatic rings. The Morgan fingerprint density at radius 1 is 0.426 bits per heavy atom. The summed E-state index contributed by atoms with van der Waals surface area (Å²) < 4.78 is 0. The lowest BCUT2D eigenvalue weighted by Crippen LogP contribution is -2.04. The first-order valence-electron chi connectivity index (χ1n) is 16.2. The third-order valence-electron chi connectivity index (χ3n) is 9.62. The number of phenols is 4. The van der Waals surface area contributed by atoms with E-state index in [2.05, 4.69) is 12.1 Å². The maximum atomic E-state index is 11.6. The molecule has 5 rings (SSSR count). The smallest absolute Gasteiger partial charge is 0.122 e. The summed E-state index contributed by atoms with van der Waals surface area (Å²) in [4.78, 5) is 0. The lowest BCUT2D eigenvalue weighted by atomic mass is 9.88. The van der Waals surface area contributed by atoms with E-state index in [1.54, 1.807) is 6.07 Å². The summed E-state index contributed by atoms with van der Waals surface area (Å²) in [5.41, 5.74) is 14.9. The first-order valence-corrected chi connectivity index (χ1v) is 16.2. The second-order valence-electron chi connectivity index (χ2n) is 13.3. The molecule has 244 valence electrons. The van der Waals surface area contributed by atoms with Crippen molar-refractivity contribution in [3.8, 4) is 23.0 Å². The minimum Gasteiger partial charge on any atom is -0.508 e. The van der Waals surface area contributed by atoms with E-state index in [4.69, 9.17) is 0 Å². The van der Waals surface area contributed by atoms with Crippen LogP contribution in [0.2, 0.25) is 0 Å². The molecule has 5 N–H and O–H groups in total. The Bertz CT molecular complexity index is 1960. The number of aliphatic hydroxyl groups is 1. The molecule has 0 unspecified atom stereocenters. The quantitative estimate of drug-likeness (QED) is 0.112. The molecular formula is C42H46O5. The van der Waals surface area contributed by atoms with Crippen molar-refractivity contribution in [1.82, 2.24) is 0 Å². The minimum absolute atomic E-state index is 0.0585. The average molecular weight is 631 g/mol. The summed E-state index contributed by atoms with van der Waals surface area (Å²) in [5.74, 6) is 1.11. The van der Waals surface area contributed by atoms with Gasteiger partial charge < -0.3 is 25.5 Å². The largest absolute Gasteiger partial charge is 0.508 e. The Balaban J connectivity index is 1.47. The molecule has 0 saturated carbocycles. The zero-order valence-corrected chi connectivity index (χ0v) is 28.5. The molecule has 0 spiro atoms. The average Bonchev–Trinajstić information content (AvgIpc) is 3.01. The van der Waals surface area contributed by atoms with Gasteiger partial charge in [-0.3, -0.25) is 0 Å². The Hall–Kier alpha value is -4.74. The predicted molar refractivity (Wildman–Crippen MR) is 189 cm³/mol. The van der Waals surface area contributed by atoms with Crippen molar-refractivity contribution in [2.75, 3.05) is 0 Å². The van der Waals surface area contributed by atoms with Crippen LogP contribution >= 0.6 is 0 Å². The van der Waals surface area contributed by atoms with Crippen molar-refractivity contribution in [3.63, 3.8) is 0 Å². The number of phenolic OH excluding ortho intramolecular Hbond substituents is 4. The topological polar surface area (TPSA) is 101 Å². The van der Waals surface area contributed by atoms with Gasteiger partial charge in [0, 0.05) is 19.3 Å². The van der Waals surface area contributed by atoms with Crippen molar-refractivity contribution >= 4 is 0 Å². The Morgan fingerprint density at radius 2 is 0.957 bits per heavy atom. The summed E-state index contributed by atoms with van der Waals surface area (Å²) in [6.45, 7) is 13.6. The van der Waals surface area contributed by atoms with Gasteiger partial charge in [-0.25, -0.2) is 0 Å². The van der Waals surface area contributed by atoms with Crippen molar-refractivity contribution in [3.05, 3.63) is 150 Å². The van der Waals surface area contributed by atoms with Crippen LogP contribution in [0.1, 0.15) is 89.0 Å². The molecule has 5 aromatic carbocycles. The summed E-state index contributed by atoms with van der Waals surface area (Å²) in [5, 5.41) is 53.2. The number of aromatic hydroxyl groups is 4. The van der Waals surface area contributed by atoms with Crippen molar-refractivity contribution in [2.24, 2.45) is 0 Å². The number of benzene rings is 5. The summed E-state index contributed by atoms with van der Waals surface area (Å²) in [6, 6.07) is 19.8. The highest BCUT2D eigenvalue weighted by Crippen LogP contribution is 2.35. The summed E-state index contributed by atoms with van der Waals surface area (Å²) in [6.07, 6.45) is 2.21. The molecule has 0 atom stereocenters. The van der Waals surface area contributed by atoms with E-state index in [1.807, 2.05) is 90.9 Å². The molecule has 5 nitrogen and oxygen atoms in total. The van der Waals surface area contributed by atoms with Gasteiger partial charge in [0.15, 0.2) is 0 Å². The number of aryl methyl sites for hydroxylation is 5. The normalized spacial score (nSPS) is 11.3. The van der Waals surface area contributed by atoms with Crippen LogP contribution in [0.3, 0.4) is 0 Å². The summed E-state index contributed by atoms with van der Waals surface area (Å²) in [7, 11) is 0. The molecule has 0 aliphatic carbocycles. The zero-order valence-electron chi connectivity index (χ0n) is 28.5. The molecule has 0 heterocycles. The third kappa shape index (κ3) is 7.16. The highest BCUT2D eigenvalue weighted by Gasteiger charge is 2.18. The predicted octanol–water partition coefficient (Wildman–Crippen LogP) is 8.52. The van der Waals surface area contributed by atoms with E-state index in [-0.39, 0.29) is 23.9 Å². The minimum atomic E-state index is -0.0585. The molecular weight excluding hydrogens is 584 g/mol. The lowest BCUT2D eigenvalue weighted by Gasteiger charge is -2.18. The Labute approximate surface area is 278 Å². The van der Waals surface area contributed by atoms with Crippen LogP contribution in [0.5, 0.6) is 23.0 Å². The maximum absolute atomic E-state index is 11.6. The van der Waals surface area contributed by atoms with Gasteiger partial charge in [-0.15, -0.1) is 0 Å². The zero-order chi connectivity index (χ0) is 34.2. The maximum Gasteiger partial charge on any atom is 0.122 e. The Morgan fingerprint density at radius 3 is 1.60 bits per heavy atom. The molecule has 0 aromatic heterocycles. The standard InChI is InChI=1S/C42H46O5/c1-23-10-35(19-32-12-24(2)38(22-43)34(18-32)17-31-14-26(4)40(45)27(5)15-31)42(47)36(11-23)20-33-21-37(41(46)29(7)28(33)6)16-30-8-9-39(44)25(3)13-30/h8-15,18,21,43-47H,16-17,19-20,22H2,1-7H3. The summed E-state index contributed by atoms with van der Waals surface area (Å²) >= 11 is 0. The molecule has 0 radical (unpaired) electrons. The van der Waals surface area contributed by atoms with Crippen LogP contribution in [0.15, 0.2) is 60.7 Å². The van der Waals surface area contributed by atoms with Crippen molar-refractivity contribution < 1.29 is 25.5 Å². The number of aliphatic hydroxyl groups excluding tert-OH is 1. The molecule has 0 aliphatic rings. The van der Waals surface area contributed by atoms with Crippen molar-refractivity contribution in [1.29, 1.82) is 0 Å². The van der Waals surface area contributed by atoms with E-state index in [1.165, 1.54) is 0 Å². The number of rotatable bonds is 9. The molecule has 47 heavy (non-hydrogen) atoms. The van der Waals surface area contributed by atoms with Crippen LogP contribution in [0.4, 0.5) is 0 Å². The molecule has 0 amide bonds. The van der Waals surface area contributed by atoms with Crippen LogP contribution in [-0.2, 0) is 32.3 Å². The molecule has 0 saturated heterocycles. The third-order valence-corrected chi connectivity index (χ3v) is 9.62. The SMILES string of the molecule is Cc1cc(Cc2cc(C)c(CO)c(Cc3cc(C)c(O)c(C)c3)c2)c(O)c(Cc2cc(Cc3ccc(O)c(C)c3)c(O)c(C)c2C)c1. The van der Waals surface area contributed by atoms with Crippen molar-refractivity contribution in [2.45, 2.75) is 80.8 Å². The van der Waals surface area contributed by atoms with Crippen LogP contribution in [0.25, 0.3) is 0 Å². The fourth-order valence-electron chi connectivity index (χ4n) is 6.87. The van der Waals surface area contributed by atoms with Gasteiger partial charge in [0.05, 0.1) is 6.61 Å². The lowest BCUT2D eigenvalue weighted by molar-refractivity contribution is 0.280. The number of hydrogen-bond donors (Lipinski definition) is 5. The molecule has 0 aliphatic heterocycles. The Kier molecular flexibility index (Phi) is 9.69. The highest BCUT2D eigenvalue weighted by atomic mass is 16.3. The van der Waals surface area contributed by atoms with E-state index >= 15 is 0 Å². The second kappa shape index (κ2) is 13.5. The first-order chi connectivity index (χ1) is 22.2. The van der Waals surface area contributed by atoms with Crippen LogP contribution in [-0.4, -0.2) is 25.5 Å². The van der Waals surface area contributed by atoms with E-state index < -0.39 is 0 Å². The van der Waals surface area contributed by atoms with Gasteiger partial charge in [0.2, 0.25) is 0 Å². The van der Waals surface area contributed by atoms with Gasteiger partial charge in [-0.2, -0.15) is 0 Å². The van der Waals surface area contributed by atoms with E-state index in [9.17, 15) is 25.5 Å². The molecule has 0 fully saturated rings. The van der Waals surface area contributed by atoms with Crippen LogP contribution < -0.4 is 0 Å². The fourth-order valence-corrected chi connectivity index (χ4v) is 6.87. The van der Waals surface area contributed by atoms with Gasteiger partial charge in [0.1, 0.15) is 23.0 Å². The fraction of sp³-hybridized carbons (Fsp3) is 0.286. The van der Waals surface area contributed by atoms with E-state index in [0.717, 1.165) is 89.0 Å². The van der Waals surface area contributed by atoms with Gasteiger partial charge in [-0.1, -0.05) is 60.2 Å². The highest BCUT2D eigenvalue weighted by molar-refractivity contribution is 5.55. The number of hydrogen-bond acceptors (Lipinski definition) is 5. The second-order valence-corrected chi connectivity index (χ2v) is 13.3. The van der Waals surface area contributed by atoms with Gasteiger partial charge >= 0.3 is 0 Å². The van der Waals surface area contributed by atoms with Gasteiger partial charge in [-0.05, 0) is 144 Å². The van der Waals surface area contributed by atoms with Gasteiger partial charge in [0.25, 0.3) is 0 Å². The monoisotopic (exact) mass is 630 g/mol.